The van der Waals surface area contributed by atoms with Gasteiger partial charge in [0.1, 0.15) is 0 Å². The summed E-state index contributed by atoms with van der Waals surface area (Å²) >= 11 is 0. The van der Waals surface area contributed by atoms with Crippen molar-refractivity contribution < 1.29 is 55.6 Å². The predicted molar refractivity (Wildman–Crippen MR) is 121 cm³/mol. The van der Waals surface area contributed by atoms with E-state index >= 15 is 0 Å². The minimum Gasteiger partial charge on any atom is -0.475 e. The number of alkyl halides is 6. The number of hydrogen-bond donors (Lipinski definition) is 3. The van der Waals surface area contributed by atoms with Crippen LogP contribution in [-0.4, -0.2) is 96.0 Å². The summed E-state index contributed by atoms with van der Waals surface area (Å²) in [4.78, 5) is 24.7. The van der Waals surface area contributed by atoms with E-state index in [9.17, 15) is 26.3 Å². The fourth-order valence-corrected chi connectivity index (χ4v) is 4.56. The Balaban J connectivity index is 0.000000301. The molecule has 0 amide bonds. The lowest BCUT2D eigenvalue weighted by Gasteiger charge is -2.41. The molecule has 0 bridgehead atoms. The average molecular weight is 560 g/mol. The van der Waals surface area contributed by atoms with Gasteiger partial charge in [-0.1, -0.05) is 0 Å². The molecule has 9 nitrogen and oxygen atoms in total. The van der Waals surface area contributed by atoms with E-state index in [-0.39, 0.29) is 0 Å². The Hall–Kier alpha value is -2.65. The second kappa shape index (κ2) is 14.5. The van der Waals surface area contributed by atoms with Crippen LogP contribution >= 0.6 is 0 Å². The fraction of sp³-hybridized carbons (Fsp3) is 0.696. The Morgan fingerprint density at radius 2 is 1.61 bits per heavy atom. The summed E-state index contributed by atoms with van der Waals surface area (Å²) in [6, 6.07) is 4.67. The van der Waals surface area contributed by atoms with Gasteiger partial charge in [0, 0.05) is 57.2 Å². The zero-order valence-corrected chi connectivity index (χ0v) is 20.4. The molecule has 1 aromatic heterocycles. The van der Waals surface area contributed by atoms with Crippen molar-refractivity contribution in [3.63, 3.8) is 0 Å². The maximum atomic E-state index is 10.6. The van der Waals surface area contributed by atoms with E-state index in [0.717, 1.165) is 44.5 Å². The quantitative estimate of drug-likeness (QED) is 0.464. The zero-order valence-electron chi connectivity index (χ0n) is 20.4. The number of aromatic nitrogens is 1. The van der Waals surface area contributed by atoms with E-state index in [4.69, 9.17) is 29.3 Å². The maximum absolute atomic E-state index is 10.6. The first-order chi connectivity index (χ1) is 17.8. The molecule has 3 atom stereocenters. The molecule has 0 spiro atoms. The Kier molecular flexibility index (Phi) is 12.0. The molecule has 15 heteroatoms. The van der Waals surface area contributed by atoms with Gasteiger partial charge in [-0.2, -0.15) is 26.3 Å². The molecule has 38 heavy (non-hydrogen) atoms. The van der Waals surface area contributed by atoms with Gasteiger partial charge in [-0.05, 0) is 43.7 Å². The molecule has 216 valence electrons. The maximum Gasteiger partial charge on any atom is 0.490 e. The number of anilines is 1. The zero-order chi connectivity index (χ0) is 28.3. The molecule has 1 aliphatic carbocycles. The topological polar surface area (TPSA) is 121 Å². The smallest absolute Gasteiger partial charge is 0.475 e. The van der Waals surface area contributed by atoms with Crippen molar-refractivity contribution >= 4 is 17.6 Å². The van der Waals surface area contributed by atoms with Crippen LogP contribution in [0.15, 0.2) is 24.5 Å². The van der Waals surface area contributed by atoms with Gasteiger partial charge in [0.15, 0.2) is 0 Å². The van der Waals surface area contributed by atoms with Crippen LogP contribution in [0, 0.1) is 11.8 Å². The second-order valence-corrected chi connectivity index (χ2v) is 9.02. The van der Waals surface area contributed by atoms with Crippen molar-refractivity contribution in [2.24, 2.45) is 11.8 Å². The van der Waals surface area contributed by atoms with Gasteiger partial charge in [0.2, 0.25) is 0 Å². The van der Waals surface area contributed by atoms with Crippen molar-refractivity contribution in [2.45, 2.75) is 50.2 Å². The third-order valence-corrected chi connectivity index (χ3v) is 6.38. The number of carboxylic acid groups (broad SMARTS) is 2. The molecule has 3 N–H and O–H groups in total. The molecule has 0 radical (unpaired) electrons. The second-order valence-electron chi connectivity index (χ2n) is 9.02. The minimum atomic E-state index is -5.08. The predicted octanol–water partition coefficient (Wildman–Crippen LogP) is 3.67. The first-order valence-electron chi connectivity index (χ1n) is 12.0. The Labute approximate surface area is 215 Å². The summed E-state index contributed by atoms with van der Waals surface area (Å²) in [6.45, 7) is 6.09. The summed E-state index contributed by atoms with van der Waals surface area (Å²) < 4.78 is 75.2. The van der Waals surface area contributed by atoms with Crippen molar-refractivity contribution in [3.05, 3.63) is 24.5 Å². The number of halogens is 6. The van der Waals surface area contributed by atoms with Gasteiger partial charge in [-0.3, -0.25) is 9.88 Å². The molecule has 4 rings (SSSR count). The van der Waals surface area contributed by atoms with Crippen LogP contribution in [0.3, 0.4) is 0 Å². The van der Waals surface area contributed by atoms with Crippen LogP contribution in [0.25, 0.3) is 0 Å². The molecule has 2 saturated heterocycles. The van der Waals surface area contributed by atoms with E-state index < -0.39 is 24.3 Å². The number of carboxylic acids is 2. The molecule has 0 aromatic carbocycles. The van der Waals surface area contributed by atoms with Gasteiger partial charge in [-0.25, -0.2) is 9.59 Å². The lowest BCUT2D eigenvalue weighted by Crippen LogP contribution is -2.52. The highest BCUT2D eigenvalue weighted by molar-refractivity contribution is 5.73. The largest absolute Gasteiger partial charge is 0.490 e. The summed E-state index contributed by atoms with van der Waals surface area (Å²) in [5, 5.41) is 17.8. The highest BCUT2D eigenvalue weighted by Gasteiger charge is 2.43. The first-order valence-corrected chi connectivity index (χ1v) is 12.0. The van der Waals surface area contributed by atoms with Gasteiger partial charge < -0.3 is 25.0 Å². The van der Waals surface area contributed by atoms with Crippen LogP contribution in [0.1, 0.15) is 25.7 Å². The minimum absolute atomic E-state index is 0.391. The van der Waals surface area contributed by atoms with Crippen LogP contribution in [0.4, 0.5) is 32.0 Å². The van der Waals surface area contributed by atoms with Gasteiger partial charge in [0.05, 0.1) is 18.4 Å². The van der Waals surface area contributed by atoms with Crippen molar-refractivity contribution in [1.29, 1.82) is 0 Å². The molecular weight excluding hydrogens is 528 g/mol. The molecule has 3 heterocycles. The van der Waals surface area contributed by atoms with Gasteiger partial charge in [-0.15, -0.1) is 0 Å². The van der Waals surface area contributed by atoms with Crippen LogP contribution in [-0.2, 0) is 19.1 Å². The third kappa shape index (κ3) is 10.6. The molecule has 2 aliphatic heterocycles. The summed E-state index contributed by atoms with van der Waals surface area (Å²) in [5.74, 6) is -4.10. The molecule has 3 unspecified atom stereocenters. The SMILES string of the molecule is O=C(O)C(F)(F)F.O=C(O)C(F)(F)F.c1cncc(NCC2CCC3C2OCCN3CC2CCOCC2)c1. The van der Waals surface area contributed by atoms with Gasteiger partial charge in [0.25, 0.3) is 0 Å². The third-order valence-electron chi connectivity index (χ3n) is 6.38. The Bertz CT molecular complexity index is 843. The van der Waals surface area contributed by atoms with E-state index in [0.29, 0.717) is 18.1 Å². The highest BCUT2D eigenvalue weighted by Crippen LogP contribution is 2.35. The lowest BCUT2D eigenvalue weighted by atomic mass is 9.97. The van der Waals surface area contributed by atoms with Gasteiger partial charge >= 0.3 is 24.3 Å². The van der Waals surface area contributed by atoms with Crippen molar-refractivity contribution in [1.82, 2.24) is 9.88 Å². The number of fused-ring (bicyclic) bond motifs is 1. The monoisotopic (exact) mass is 559 g/mol. The molecular formula is C23H31F6N3O6. The number of rotatable bonds is 5. The first kappa shape index (κ1) is 31.6. The Morgan fingerprint density at radius 1 is 1.00 bits per heavy atom. The highest BCUT2D eigenvalue weighted by atomic mass is 19.4. The van der Waals surface area contributed by atoms with E-state index in [1.165, 1.54) is 32.2 Å². The molecule has 1 saturated carbocycles. The molecule has 3 fully saturated rings. The number of morpholine rings is 1. The Morgan fingerprint density at radius 3 is 2.13 bits per heavy atom. The number of carbonyl (C=O) groups is 2. The summed E-state index contributed by atoms with van der Waals surface area (Å²) in [5.41, 5.74) is 1.11. The van der Waals surface area contributed by atoms with Crippen molar-refractivity contribution in [3.8, 4) is 0 Å². The summed E-state index contributed by atoms with van der Waals surface area (Å²) in [6.07, 6.45) is -1.09. The summed E-state index contributed by atoms with van der Waals surface area (Å²) in [7, 11) is 0. The fourth-order valence-electron chi connectivity index (χ4n) is 4.56. The molecule has 1 aromatic rings. The van der Waals surface area contributed by atoms with Crippen LogP contribution < -0.4 is 5.32 Å². The number of pyridine rings is 1. The standard InChI is InChI=1S/C19H29N3O2.2C2HF3O2/c1-2-17(13-20-7-1)21-12-16-3-4-18-19(16)24-11-8-22(18)14-15-5-9-23-10-6-15;2*3-2(4,5)1(6)7/h1-2,7,13,15-16,18-19,21H,3-6,8-12,14H2;2*(H,6,7). The van der Waals surface area contributed by atoms with E-state index in [2.05, 4.69) is 21.3 Å². The van der Waals surface area contributed by atoms with Crippen LogP contribution in [0.2, 0.25) is 0 Å². The number of ether oxygens (including phenoxy) is 2. The number of nitrogens with zero attached hydrogens (tertiary/aromatic N) is 2. The van der Waals surface area contributed by atoms with Crippen LogP contribution in [0.5, 0.6) is 0 Å². The molecule has 3 aliphatic rings. The van der Waals surface area contributed by atoms with E-state index in [1.807, 2.05) is 18.5 Å². The normalized spacial score (nSPS) is 24.2. The average Bonchev–Trinajstić information content (AvgIpc) is 3.28. The number of aliphatic carboxylic acids is 2. The van der Waals surface area contributed by atoms with E-state index in [1.54, 1.807) is 0 Å². The number of nitrogens with one attached hydrogen (secondary N) is 1. The lowest BCUT2D eigenvalue weighted by molar-refractivity contribution is -0.193. The number of hydrogen-bond acceptors (Lipinski definition) is 7. The van der Waals surface area contributed by atoms with Crippen molar-refractivity contribution in [2.75, 3.05) is 44.8 Å².